The maximum atomic E-state index is 12.2. The highest BCUT2D eigenvalue weighted by Gasteiger charge is 2.57. The Bertz CT molecular complexity index is 441. The van der Waals surface area contributed by atoms with E-state index in [0.717, 1.165) is 13.8 Å². The molecule has 0 unspecified atom stereocenters. The Hall–Kier alpha value is -1.76. The van der Waals surface area contributed by atoms with Gasteiger partial charge in [-0.2, -0.15) is 43.9 Å². The van der Waals surface area contributed by atoms with Crippen LogP contribution in [0.3, 0.4) is 0 Å². The van der Waals surface area contributed by atoms with Gasteiger partial charge in [-0.1, -0.05) is 0 Å². The van der Waals surface area contributed by atoms with Crippen LogP contribution in [0.15, 0.2) is 0 Å². The van der Waals surface area contributed by atoms with E-state index in [1.165, 1.54) is 0 Å². The Morgan fingerprint density at radius 3 is 1.04 bits per heavy atom. The van der Waals surface area contributed by atoms with Crippen LogP contribution in [-0.4, -0.2) is 49.4 Å². The molecule has 0 aliphatic rings. The first-order chi connectivity index (χ1) is 12.3. The molecule has 0 heterocycles. The second-order valence-corrected chi connectivity index (χ2v) is 5.29. The first-order valence-electron chi connectivity index (χ1n) is 7.49. The molecule has 14 heteroatoms. The minimum absolute atomic E-state index is 0.430. The molecule has 168 valence electrons. The van der Waals surface area contributed by atoms with Crippen LogP contribution in [0, 0.1) is 0 Å². The summed E-state index contributed by atoms with van der Waals surface area (Å²) in [7, 11) is 0. The van der Waals surface area contributed by atoms with Gasteiger partial charge in [-0.05, 0) is 12.8 Å². The molecule has 0 saturated heterocycles. The number of esters is 2. The van der Waals surface area contributed by atoms with Gasteiger partial charge < -0.3 is 9.47 Å². The molecule has 28 heavy (non-hydrogen) atoms. The van der Waals surface area contributed by atoms with E-state index in [-0.39, 0.29) is 0 Å². The summed E-state index contributed by atoms with van der Waals surface area (Å²) in [5, 5.41) is 0. The minimum Gasteiger partial charge on any atom is -0.466 e. The van der Waals surface area contributed by atoms with Gasteiger partial charge >= 0.3 is 36.1 Å². The number of hydrogen-bond donors (Lipinski definition) is 0. The molecule has 0 atom stereocenters. The van der Waals surface area contributed by atoms with Crippen molar-refractivity contribution in [3.63, 3.8) is 0 Å². The second-order valence-electron chi connectivity index (χ2n) is 5.29. The summed E-state index contributed by atoms with van der Waals surface area (Å²) in [5.74, 6) is -10.8. The van der Waals surface area contributed by atoms with Gasteiger partial charge in [0, 0.05) is 26.7 Å². The lowest BCUT2D eigenvalue weighted by molar-refractivity contribution is -0.285. The van der Waals surface area contributed by atoms with Crippen molar-refractivity contribution in [3.05, 3.63) is 0 Å². The van der Waals surface area contributed by atoms with E-state index in [1.807, 2.05) is 0 Å². The highest BCUT2D eigenvalue weighted by Crippen LogP contribution is 2.39. The predicted molar refractivity (Wildman–Crippen MR) is 73.7 cm³/mol. The number of carbonyl (C=O) groups excluding carboxylic acids is 2. The fourth-order valence-electron chi connectivity index (χ4n) is 1.30. The summed E-state index contributed by atoms with van der Waals surface area (Å²) in [6.45, 7) is 1.23. The van der Waals surface area contributed by atoms with Crippen molar-refractivity contribution in [1.82, 2.24) is 0 Å². The number of carbonyl (C=O) groups is 2. The molecule has 0 aromatic rings. The van der Waals surface area contributed by atoms with Crippen LogP contribution in [0.2, 0.25) is 0 Å². The largest absolute Gasteiger partial charge is 0.466 e. The van der Waals surface area contributed by atoms with Crippen LogP contribution in [0.25, 0.3) is 0 Å². The van der Waals surface area contributed by atoms with Crippen LogP contribution in [0.4, 0.5) is 43.9 Å². The molecule has 0 amide bonds. The van der Waals surface area contributed by atoms with E-state index in [9.17, 15) is 53.5 Å². The maximum Gasteiger partial charge on any atom is 0.453 e. The standard InChI is InChI=1S/2C7H9F5O2/c2*1-5(13)14-4-2-3-6(8,9)7(10,11)12/h2*2-4H2,1H3. The zero-order valence-corrected chi connectivity index (χ0v) is 14.7. The Labute approximate surface area is 153 Å². The van der Waals surface area contributed by atoms with Gasteiger partial charge in [0.15, 0.2) is 0 Å². The summed E-state index contributed by atoms with van der Waals surface area (Å²) in [6.07, 6.45) is -14.9. The molecule has 0 aromatic carbocycles. The Morgan fingerprint density at radius 2 is 0.857 bits per heavy atom. The molecule has 0 bridgehead atoms. The van der Waals surface area contributed by atoms with Gasteiger partial charge in [0.1, 0.15) is 0 Å². The van der Waals surface area contributed by atoms with Crippen molar-refractivity contribution in [2.24, 2.45) is 0 Å². The van der Waals surface area contributed by atoms with Gasteiger partial charge in [-0.3, -0.25) is 9.59 Å². The molecule has 0 aliphatic heterocycles. The quantitative estimate of drug-likeness (QED) is 0.301. The highest BCUT2D eigenvalue weighted by molar-refractivity contribution is 5.66. The molecular weight excluding hydrogens is 422 g/mol. The highest BCUT2D eigenvalue weighted by atomic mass is 19.4. The fraction of sp³-hybridized carbons (Fsp3) is 0.857. The number of ether oxygens (including phenoxy) is 2. The predicted octanol–water partition coefficient (Wildman–Crippen LogP) is 5.05. The number of hydrogen-bond acceptors (Lipinski definition) is 4. The van der Waals surface area contributed by atoms with E-state index in [2.05, 4.69) is 9.47 Å². The number of alkyl halides is 10. The zero-order chi connectivity index (χ0) is 22.8. The van der Waals surface area contributed by atoms with Crippen molar-refractivity contribution in [3.8, 4) is 0 Å². The van der Waals surface area contributed by atoms with E-state index in [1.54, 1.807) is 0 Å². The van der Waals surface area contributed by atoms with Crippen LogP contribution >= 0.6 is 0 Å². The topological polar surface area (TPSA) is 52.6 Å². The van der Waals surface area contributed by atoms with E-state index in [4.69, 9.17) is 0 Å². The van der Waals surface area contributed by atoms with E-state index in [0.29, 0.717) is 0 Å². The Kier molecular flexibility index (Phi) is 11.5. The van der Waals surface area contributed by atoms with E-state index >= 15 is 0 Å². The van der Waals surface area contributed by atoms with Crippen LogP contribution in [0.5, 0.6) is 0 Å². The summed E-state index contributed by atoms with van der Waals surface area (Å²) < 4.78 is 127. The lowest BCUT2D eigenvalue weighted by Gasteiger charge is -2.18. The monoisotopic (exact) mass is 440 g/mol. The first-order valence-corrected chi connectivity index (χ1v) is 7.49. The smallest absolute Gasteiger partial charge is 0.453 e. The Morgan fingerprint density at radius 1 is 0.607 bits per heavy atom. The third kappa shape index (κ3) is 12.6. The van der Waals surface area contributed by atoms with Crippen molar-refractivity contribution >= 4 is 11.9 Å². The normalized spacial score (nSPS) is 12.7. The maximum absolute atomic E-state index is 12.2. The molecule has 0 aromatic heterocycles. The molecular formula is C14H18F10O4. The van der Waals surface area contributed by atoms with Crippen molar-refractivity contribution in [1.29, 1.82) is 0 Å². The third-order valence-corrected chi connectivity index (χ3v) is 2.71. The van der Waals surface area contributed by atoms with Crippen LogP contribution in [0.1, 0.15) is 39.5 Å². The molecule has 0 spiro atoms. The van der Waals surface area contributed by atoms with Crippen molar-refractivity contribution < 1.29 is 63.0 Å². The van der Waals surface area contributed by atoms with Crippen molar-refractivity contribution in [2.75, 3.05) is 13.2 Å². The number of rotatable bonds is 8. The van der Waals surface area contributed by atoms with Gasteiger partial charge in [0.25, 0.3) is 0 Å². The summed E-state index contributed by atoms with van der Waals surface area (Å²) in [6, 6.07) is 0. The minimum atomic E-state index is -5.54. The molecule has 0 aliphatic carbocycles. The third-order valence-electron chi connectivity index (χ3n) is 2.71. The summed E-state index contributed by atoms with van der Waals surface area (Å²) in [5.41, 5.74) is 0. The van der Waals surface area contributed by atoms with Gasteiger partial charge in [0.05, 0.1) is 13.2 Å². The zero-order valence-electron chi connectivity index (χ0n) is 14.7. The molecule has 0 rings (SSSR count). The second kappa shape index (κ2) is 11.3. The molecule has 0 N–H and O–H groups in total. The average Bonchev–Trinajstić information content (AvgIpc) is 2.46. The van der Waals surface area contributed by atoms with Crippen LogP contribution in [-0.2, 0) is 19.1 Å². The van der Waals surface area contributed by atoms with Crippen molar-refractivity contribution in [2.45, 2.75) is 63.7 Å². The average molecular weight is 440 g/mol. The van der Waals surface area contributed by atoms with Gasteiger partial charge in [-0.15, -0.1) is 0 Å². The SMILES string of the molecule is CC(=O)OCCCC(F)(F)C(F)(F)F.CC(=O)OCCCC(F)(F)C(F)(F)F. The lowest BCUT2D eigenvalue weighted by Crippen LogP contribution is -2.36. The summed E-state index contributed by atoms with van der Waals surface area (Å²) >= 11 is 0. The number of halogens is 10. The van der Waals surface area contributed by atoms with E-state index < -0.39 is 75.0 Å². The van der Waals surface area contributed by atoms with Crippen LogP contribution < -0.4 is 0 Å². The Balaban J connectivity index is 0. The molecule has 4 nitrogen and oxygen atoms in total. The summed E-state index contributed by atoms with van der Waals surface area (Å²) in [4.78, 5) is 20.3. The van der Waals surface area contributed by atoms with Gasteiger partial charge in [-0.25, -0.2) is 0 Å². The fourth-order valence-corrected chi connectivity index (χ4v) is 1.30. The molecule has 0 radical (unpaired) electrons. The molecule has 0 fully saturated rings. The lowest BCUT2D eigenvalue weighted by atomic mass is 10.2. The van der Waals surface area contributed by atoms with Gasteiger partial charge in [0.2, 0.25) is 0 Å². The molecule has 0 saturated carbocycles. The first kappa shape index (κ1) is 28.4.